The molecule has 0 aliphatic heterocycles. The molecule has 0 saturated heterocycles. The minimum atomic E-state index is -0.546. The van der Waals surface area contributed by atoms with Crippen LogP contribution in [-0.4, -0.2) is 23.8 Å². The monoisotopic (exact) mass is 418 g/mol. The Labute approximate surface area is 181 Å². The van der Waals surface area contributed by atoms with Gasteiger partial charge in [0, 0.05) is 17.8 Å². The van der Waals surface area contributed by atoms with Crippen LogP contribution in [0.3, 0.4) is 0 Å². The van der Waals surface area contributed by atoms with E-state index in [1.807, 2.05) is 57.2 Å². The maximum absolute atomic E-state index is 12.6. The SMILES string of the molecule is CC(C)(C)OC(=O)NCc1ccc(C(=O)Nc2ccc3cc(C=NN)ccc3c2)cc1. The third-order valence-electron chi connectivity index (χ3n) is 4.40. The summed E-state index contributed by atoms with van der Waals surface area (Å²) in [6.45, 7) is 5.74. The van der Waals surface area contributed by atoms with Crippen LogP contribution in [0.5, 0.6) is 0 Å². The largest absolute Gasteiger partial charge is 0.444 e. The van der Waals surface area contributed by atoms with E-state index in [1.54, 1.807) is 30.5 Å². The Morgan fingerprint density at radius 1 is 1.00 bits per heavy atom. The van der Waals surface area contributed by atoms with Crippen molar-refractivity contribution in [2.45, 2.75) is 32.9 Å². The minimum Gasteiger partial charge on any atom is -0.444 e. The highest BCUT2D eigenvalue weighted by atomic mass is 16.6. The molecule has 3 aromatic rings. The van der Waals surface area contributed by atoms with Crippen LogP contribution in [-0.2, 0) is 11.3 Å². The Morgan fingerprint density at radius 3 is 2.35 bits per heavy atom. The van der Waals surface area contributed by atoms with Crippen molar-refractivity contribution < 1.29 is 14.3 Å². The molecule has 7 heteroatoms. The molecule has 0 fully saturated rings. The normalized spacial score (nSPS) is 11.5. The summed E-state index contributed by atoms with van der Waals surface area (Å²) in [4.78, 5) is 24.3. The zero-order valence-corrected chi connectivity index (χ0v) is 17.8. The second-order valence-electron chi connectivity index (χ2n) is 8.11. The van der Waals surface area contributed by atoms with E-state index in [0.29, 0.717) is 17.8 Å². The zero-order valence-electron chi connectivity index (χ0n) is 17.8. The number of alkyl carbamates (subject to hydrolysis) is 1. The second-order valence-corrected chi connectivity index (χ2v) is 8.11. The van der Waals surface area contributed by atoms with Crippen molar-refractivity contribution in [2.75, 3.05) is 5.32 Å². The number of hydrogen-bond donors (Lipinski definition) is 3. The summed E-state index contributed by atoms with van der Waals surface area (Å²) >= 11 is 0. The summed E-state index contributed by atoms with van der Waals surface area (Å²) in [7, 11) is 0. The first kappa shape index (κ1) is 21.8. The maximum atomic E-state index is 12.6. The van der Waals surface area contributed by atoms with Gasteiger partial charge in [0.1, 0.15) is 5.60 Å². The van der Waals surface area contributed by atoms with Crippen LogP contribution < -0.4 is 16.5 Å². The topological polar surface area (TPSA) is 106 Å². The summed E-state index contributed by atoms with van der Waals surface area (Å²) in [5.41, 5.74) is 2.46. The summed E-state index contributed by atoms with van der Waals surface area (Å²) in [5.74, 6) is 4.99. The molecular weight excluding hydrogens is 392 g/mol. The van der Waals surface area contributed by atoms with Crippen LogP contribution in [0.25, 0.3) is 10.8 Å². The molecule has 160 valence electrons. The molecule has 0 saturated carbocycles. The lowest BCUT2D eigenvalue weighted by atomic mass is 10.1. The van der Waals surface area contributed by atoms with Gasteiger partial charge >= 0.3 is 6.09 Å². The molecule has 31 heavy (non-hydrogen) atoms. The first-order chi connectivity index (χ1) is 14.7. The molecule has 0 radical (unpaired) electrons. The standard InChI is InChI=1S/C24H26N4O3/c1-24(2,3)31-23(30)26-14-16-4-7-18(8-5-16)22(29)28-21-11-10-19-12-17(15-27-25)6-9-20(19)13-21/h4-13,15H,14,25H2,1-3H3,(H,26,30)(H,28,29). The van der Waals surface area contributed by atoms with Crippen molar-refractivity contribution in [1.82, 2.24) is 5.32 Å². The summed E-state index contributed by atoms with van der Waals surface area (Å²) in [5, 5.41) is 11.2. The molecule has 3 rings (SSSR count). The lowest BCUT2D eigenvalue weighted by Gasteiger charge is -2.19. The van der Waals surface area contributed by atoms with Crippen LogP contribution in [0, 0.1) is 0 Å². The van der Waals surface area contributed by atoms with Gasteiger partial charge < -0.3 is 21.2 Å². The van der Waals surface area contributed by atoms with Gasteiger partial charge in [-0.15, -0.1) is 0 Å². The number of amides is 2. The van der Waals surface area contributed by atoms with Crippen LogP contribution in [0.2, 0.25) is 0 Å². The average Bonchev–Trinajstić information content (AvgIpc) is 2.71. The number of ether oxygens (including phenoxy) is 1. The van der Waals surface area contributed by atoms with E-state index in [0.717, 1.165) is 21.9 Å². The van der Waals surface area contributed by atoms with Crippen LogP contribution in [0.1, 0.15) is 42.3 Å². The lowest BCUT2D eigenvalue weighted by molar-refractivity contribution is 0.0523. The molecule has 4 N–H and O–H groups in total. The molecule has 0 aromatic heterocycles. The van der Waals surface area contributed by atoms with Gasteiger partial charge in [0.2, 0.25) is 0 Å². The highest BCUT2D eigenvalue weighted by Gasteiger charge is 2.15. The number of benzene rings is 3. The average molecular weight is 418 g/mol. The molecule has 0 unspecified atom stereocenters. The Balaban J connectivity index is 1.61. The predicted octanol–water partition coefficient (Wildman–Crippen LogP) is 4.41. The number of fused-ring (bicyclic) bond motifs is 1. The van der Waals surface area contributed by atoms with Crippen LogP contribution in [0.15, 0.2) is 65.8 Å². The van der Waals surface area contributed by atoms with Crippen molar-refractivity contribution in [2.24, 2.45) is 10.9 Å². The van der Waals surface area contributed by atoms with Gasteiger partial charge in [-0.2, -0.15) is 5.10 Å². The first-order valence-electron chi connectivity index (χ1n) is 9.88. The number of rotatable bonds is 5. The van der Waals surface area contributed by atoms with Crippen LogP contribution in [0.4, 0.5) is 10.5 Å². The Morgan fingerprint density at radius 2 is 1.68 bits per heavy atom. The van der Waals surface area contributed by atoms with Gasteiger partial charge in [0.15, 0.2) is 0 Å². The highest BCUT2D eigenvalue weighted by molar-refractivity contribution is 6.05. The van der Waals surface area contributed by atoms with E-state index in [4.69, 9.17) is 10.6 Å². The van der Waals surface area contributed by atoms with Crippen molar-refractivity contribution >= 4 is 34.7 Å². The molecule has 0 bridgehead atoms. The number of hydrazone groups is 1. The summed E-state index contributed by atoms with van der Waals surface area (Å²) < 4.78 is 5.21. The fourth-order valence-corrected chi connectivity index (χ4v) is 2.97. The number of nitrogens with zero attached hydrogens (tertiary/aromatic N) is 1. The summed E-state index contributed by atoms with van der Waals surface area (Å²) in [6.07, 6.45) is 1.11. The molecular formula is C24H26N4O3. The Kier molecular flexibility index (Phi) is 6.55. The number of carbonyl (C=O) groups is 2. The third-order valence-corrected chi connectivity index (χ3v) is 4.40. The highest BCUT2D eigenvalue weighted by Crippen LogP contribution is 2.21. The number of hydrogen-bond acceptors (Lipinski definition) is 5. The van der Waals surface area contributed by atoms with E-state index in [2.05, 4.69) is 15.7 Å². The van der Waals surface area contributed by atoms with E-state index in [1.165, 1.54) is 0 Å². The number of nitrogens with two attached hydrogens (primary N) is 1. The molecule has 0 heterocycles. The van der Waals surface area contributed by atoms with Gasteiger partial charge in [0.25, 0.3) is 5.91 Å². The molecule has 3 aromatic carbocycles. The van der Waals surface area contributed by atoms with E-state index in [-0.39, 0.29) is 5.91 Å². The van der Waals surface area contributed by atoms with Gasteiger partial charge in [-0.25, -0.2) is 4.79 Å². The van der Waals surface area contributed by atoms with E-state index >= 15 is 0 Å². The molecule has 0 spiro atoms. The zero-order chi connectivity index (χ0) is 22.4. The predicted molar refractivity (Wildman–Crippen MR) is 123 cm³/mol. The van der Waals surface area contributed by atoms with Crippen LogP contribution >= 0.6 is 0 Å². The number of anilines is 1. The van der Waals surface area contributed by atoms with Crippen molar-refractivity contribution in [3.8, 4) is 0 Å². The molecule has 2 amide bonds. The fraction of sp³-hybridized carbons (Fsp3) is 0.208. The number of carbonyl (C=O) groups excluding carboxylic acids is 2. The van der Waals surface area contributed by atoms with Gasteiger partial charge in [0.05, 0.1) is 6.21 Å². The minimum absolute atomic E-state index is 0.210. The summed E-state index contributed by atoms with van der Waals surface area (Å²) in [6, 6.07) is 18.6. The van der Waals surface area contributed by atoms with Crippen molar-refractivity contribution in [1.29, 1.82) is 0 Å². The maximum Gasteiger partial charge on any atom is 0.407 e. The number of nitrogens with one attached hydrogen (secondary N) is 2. The Hall–Kier alpha value is -3.87. The molecule has 7 nitrogen and oxygen atoms in total. The van der Waals surface area contributed by atoms with Gasteiger partial charge in [-0.1, -0.05) is 30.3 Å². The third kappa shape index (κ3) is 6.30. The van der Waals surface area contributed by atoms with E-state index < -0.39 is 11.7 Å². The fourth-order valence-electron chi connectivity index (χ4n) is 2.97. The Bertz CT molecular complexity index is 1120. The molecule has 0 atom stereocenters. The van der Waals surface area contributed by atoms with Crippen molar-refractivity contribution in [3.63, 3.8) is 0 Å². The van der Waals surface area contributed by atoms with Gasteiger partial charge in [-0.3, -0.25) is 4.79 Å². The molecule has 0 aliphatic carbocycles. The van der Waals surface area contributed by atoms with E-state index in [9.17, 15) is 9.59 Å². The second kappa shape index (κ2) is 9.30. The lowest BCUT2D eigenvalue weighted by Crippen LogP contribution is -2.32. The first-order valence-corrected chi connectivity index (χ1v) is 9.88. The van der Waals surface area contributed by atoms with Gasteiger partial charge in [-0.05, 0) is 73.0 Å². The quantitative estimate of drug-likeness (QED) is 0.324. The molecule has 0 aliphatic rings. The smallest absolute Gasteiger partial charge is 0.407 e. The van der Waals surface area contributed by atoms with Crippen molar-refractivity contribution in [3.05, 3.63) is 77.4 Å².